The Bertz CT molecular complexity index is 1290. The molecule has 0 aliphatic carbocycles. The van der Waals surface area contributed by atoms with Crippen LogP contribution in [0.3, 0.4) is 0 Å². The second kappa shape index (κ2) is 7.68. The molecular weight excluding hydrogens is 394 g/mol. The lowest BCUT2D eigenvalue weighted by atomic mass is 9.94. The van der Waals surface area contributed by atoms with Gasteiger partial charge in [0, 0.05) is 56.5 Å². The Morgan fingerprint density at radius 2 is 1.87 bits per heavy atom. The molecule has 1 aliphatic rings. The predicted octanol–water partition coefficient (Wildman–Crippen LogP) is 3.72. The van der Waals surface area contributed by atoms with E-state index >= 15 is 0 Å². The molecule has 3 heterocycles. The number of nitrogens with zero attached hydrogens (tertiary/aromatic N) is 2. The standard InChI is InChI=1S/C24H23N3O4/c1-27-15-16(7-10-20(27)28)18-8-9-19-21(22(18)31-17-5-3-2-4-6-17)26-23(25-19)24(29)11-13-30-14-12-24/h2-10,15,29H,11-14H2,1H3,(H,25,26). The molecule has 2 N–H and O–H groups in total. The smallest absolute Gasteiger partial charge is 0.250 e. The summed E-state index contributed by atoms with van der Waals surface area (Å²) in [6, 6.07) is 16.7. The van der Waals surface area contributed by atoms with Gasteiger partial charge in [0.15, 0.2) is 5.75 Å². The maximum atomic E-state index is 11.9. The van der Waals surface area contributed by atoms with E-state index in [1.54, 1.807) is 19.3 Å². The Kier molecular flexibility index (Phi) is 4.84. The van der Waals surface area contributed by atoms with Gasteiger partial charge in [0.1, 0.15) is 22.7 Å². The molecule has 158 valence electrons. The molecule has 5 rings (SSSR count). The van der Waals surface area contributed by atoms with Gasteiger partial charge < -0.3 is 24.1 Å². The van der Waals surface area contributed by atoms with Gasteiger partial charge in [0.05, 0.1) is 5.52 Å². The van der Waals surface area contributed by atoms with Gasteiger partial charge in [-0.3, -0.25) is 4.79 Å². The fourth-order valence-corrected chi connectivity index (χ4v) is 3.91. The number of rotatable bonds is 4. The van der Waals surface area contributed by atoms with E-state index in [9.17, 15) is 9.90 Å². The average Bonchev–Trinajstić information content (AvgIpc) is 3.23. The van der Waals surface area contributed by atoms with Crippen molar-refractivity contribution >= 4 is 11.0 Å². The Morgan fingerprint density at radius 3 is 2.61 bits per heavy atom. The van der Waals surface area contributed by atoms with Crippen molar-refractivity contribution in [3.8, 4) is 22.6 Å². The van der Waals surface area contributed by atoms with Crippen LogP contribution in [0.5, 0.6) is 11.5 Å². The van der Waals surface area contributed by atoms with E-state index in [0.717, 1.165) is 16.6 Å². The molecule has 1 fully saturated rings. The van der Waals surface area contributed by atoms with Crippen LogP contribution in [0.1, 0.15) is 18.7 Å². The van der Waals surface area contributed by atoms with Gasteiger partial charge in [-0.15, -0.1) is 0 Å². The summed E-state index contributed by atoms with van der Waals surface area (Å²) in [5.74, 6) is 1.76. The van der Waals surface area contributed by atoms with Crippen LogP contribution in [0.15, 0.2) is 65.6 Å². The van der Waals surface area contributed by atoms with Crippen LogP contribution in [-0.4, -0.2) is 32.9 Å². The zero-order chi connectivity index (χ0) is 21.4. The first-order valence-electron chi connectivity index (χ1n) is 10.3. The number of pyridine rings is 1. The van der Waals surface area contributed by atoms with Crippen LogP contribution in [0.25, 0.3) is 22.2 Å². The Hall–Kier alpha value is -3.42. The molecule has 31 heavy (non-hydrogen) atoms. The third-order valence-corrected chi connectivity index (χ3v) is 5.73. The minimum absolute atomic E-state index is 0.0841. The fourth-order valence-electron chi connectivity index (χ4n) is 3.91. The zero-order valence-corrected chi connectivity index (χ0v) is 17.2. The van der Waals surface area contributed by atoms with Crippen molar-refractivity contribution in [3.63, 3.8) is 0 Å². The number of imidazole rings is 1. The van der Waals surface area contributed by atoms with Crippen LogP contribution >= 0.6 is 0 Å². The number of aliphatic hydroxyl groups is 1. The molecule has 0 saturated carbocycles. The first-order valence-corrected chi connectivity index (χ1v) is 10.3. The van der Waals surface area contributed by atoms with Crippen molar-refractivity contribution in [3.05, 3.63) is 77.0 Å². The average molecular weight is 417 g/mol. The van der Waals surface area contributed by atoms with Gasteiger partial charge in [-0.2, -0.15) is 0 Å². The molecular formula is C24H23N3O4. The normalized spacial score (nSPS) is 15.8. The van der Waals surface area contributed by atoms with Gasteiger partial charge in [-0.1, -0.05) is 18.2 Å². The number of ether oxygens (including phenoxy) is 2. The maximum Gasteiger partial charge on any atom is 0.250 e. The molecule has 2 aromatic heterocycles. The zero-order valence-electron chi connectivity index (χ0n) is 17.2. The largest absolute Gasteiger partial charge is 0.454 e. The lowest BCUT2D eigenvalue weighted by Gasteiger charge is -2.29. The maximum absolute atomic E-state index is 11.9. The van der Waals surface area contributed by atoms with E-state index in [1.807, 2.05) is 42.5 Å². The minimum Gasteiger partial charge on any atom is -0.454 e. The van der Waals surface area contributed by atoms with E-state index in [4.69, 9.17) is 14.5 Å². The SMILES string of the molecule is Cn1cc(-c2ccc3[nH]c(C4(O)CCOCC4)nc3c2Oc2ccccc2)ccc1=O. The second-order valence-corrected chi connectivity index (χ2v) is 7.85. The molecule has 0 spiro atoms. The number of H-pyrrole nitrogens is 1. The summed E-state index contributed by atoms with van der Waals surface area (Å²) in [7, 11) is 1.72. The molecule has 0 amide bonds. The summed E-state index contributed by atoms with van der Waals surface area (Å²) in [6.45, 7) is 0.981. The van der Waals surface area contributed by atoms with Crippen LogP contribution in [0, 0.1) is 0 Å². The number of aromatic amines is 1. The molecule has 2 aromatic carbocycles. The van der Waals surface area contributed by atoms with Gasteiger partial charge in [-0.05, 0) is 30.3 Å². The summed E-state index contributed by atoms with van der Waals surface area (Å²) in [6.07, 6.45) is 2.74. The highest BCUT2D eigenvalue weighted by atomic mass is 16.5. The first kappa shape index (κ1) is 19.5. The van der Waals surface area contributed by atoms with Gasteiger partial charge in [0.25, 0.3) is 0 Å². The number of aromatic nitrogens is 3. The number of benzene rings is 2. The summed E-state index contributed by atoms with van der Waals surface area (Å²) in [5.41, 5.74) is 1.91. The molecule has 0 bridgehead atoms. The highest BCUT2D eigenvalue weighted by Crippen LogP contribution is 2.40. The van der Waals surface area contributed by atoms with E-state index in [2.05, 4.69) is 4.98 Å². The van der Waals surface area contributed by atoms with E-state index < -0.39 is 5.60 Å². The molecule has 0 atom stereocenters. The Morgan fingerprint density at radius 1 is 1.10 bits per heavy atom. The third kappa shape index (κ3) is 3.62. The third-order valence-electron chi connectivity index (χ3n) is 5.73. The predicted molar refractivity (Wildman–Crippen MR) is 117 cm³/mol. The number of aryl methyl sites for hydroxylation is 1. The van der Waals surface area contributed by atoms with Crippen LogP contribution in [0.2, 0.25) is 0 Å². The Balaban J connectivity index is 1.69. The first-order chi connectivity index (χ1) is 15.0. The second-order valence-electron chi connectivity index (χ2n) is 7.85. The number of para-hydroxylation sites is 1. The lowest BCUT2D eigenvalue weighted by Crippen LogP contribution is -2.34. The number of hydrogen-bond donors (Lipinski definition) is 2. The van der Waals surface area contributed by atoms with Crippen LogP contribution in [0.4, 0.5) is 0 Å². The van der Waals surface area contributed by atoms with Crippen LogP contribution < -0.4 is 10.3 Å². The molecule has 0 radical (unpaired) electrons. The summed E-state index contributed by atoms with van der Waals surface area (Å²) in [4.78, 5) is 19.9. The summed E-state index contributed by atoms with van der Waals surface area (Å²) >= 11 is 0. The van der Waals surface area contributed by atoms with Crippen molar-refractivity contribution < 1.29 is 14.6 Å². The van der Waals surface area contributed by atoms with Crippen molar-refractivity contribution in [2.24, 2.45) is 7.05 Å². The topological polar surface area (TPSA) is 89.4 Å². The molecule has 7 heteroatoms. The minimum atomic E-state index is -1.06. The lowest BCUT2D eigenvalue weighted by molar-refractivity contribution is -0.0727. The van der Waals surface area contributed by atoms with E-state index in [-0.39, 0.29) is 5.56 Å². The van der Waals surface area contributed by atoms with Crippen molar-refractivity contribution in [1.29, 1.82) is 0 Å². The van der Waals surface area contributed by atoms with Crippen molar-refractivity contribution in [1.82, 2.24) is 14.5 Å². The van der Waals surface area contributed by atoms with Gasteiger partial charge in [0.2, 0.25) is 5.56 Å². The Labute approximate surface area is 178 Å². The molecule has 7 nitrogen and oxygen atoms in total. The van der Waals surface area contributed by atoms with E-state index in [1.165, 1.54) is 10.6 Å². The highest BCUT2D eigenvalue weighted by Gasteiger charge is 2.35. The van der Waals surface area contributed by atoms with Gasteiger partial charge in [-0.25, -0.2) is 4.98 Å². The monoisotopic (exact) mass is 417 g/mol. The van der Waals surface area contributed by atoms with Crippen molar-refractivity contribution in [2.45, 2.75) is 18.4 Å². The number of hydrogen-bond acceptors (Lipinski definition) is 5. The summed E-state index contributed by atoms with van der Waals surface area (Å²) < 4.78 is 13.2. The molecule has 4 aromatic rings. The molecule has 1 saturated heterocycles. The van der Waals surface area contributed by atoms with Gasteiger partial charge >= 0.3 is 0 Å². The summed E-state index contributed by atoms with van der Waals surface area (Å²) in [5, 5.41) is 11.1. The van der Waals surface area contributed by atoms with Crippen molar-refractivity contribution in [2.75, 3.05) is 13.2 Å². The van der Waals surface area contributed by atoms with Crippen LogP contribution in [-0.2, 0) is 17.4 Å². The number of nitrogens with one attached hydrogen (secondary N) is 1. The molecule has 0 unspecified atom stereocenters. The number of fused-ring (bicyclic) bond motifs is 1. The quantitative estimate of drug-likeness (QED) is 0.528. The molecule has 1 aliphatic heterocycles. The van der Waals surface area contributed by atoms with E-state index in [0.29, 0.717) is 48.9 Å². The fraction of sp³-hybridized carbons (Fsp3) is 0.250. The highest BCUT2D eigenvalue weighted by molar-refractivity contribution is 5.91.